The van der Waals surface area contributed by atoms with Gasteiger partial charge in [-0.1, -0.05) is 84.5 Å². The van der Waals surface area contributed by atoms with Crippen molar-refractivity contribution in [2.24, 2.45) is 11.8 Å². The van der Waals surface area contributed by atoms with Gasteiger partial charge in [0, 0.05) is 0 Å². The predicted molar refractivity (Wildman–Crippen MR) is 114 cm³/mol. The van der Waals surface area contributed by atoms with Gasteiger partial charge in [0.25, 0.3) is 0 Å². The topological polar surface area (TPSA) is 63.6 Å². The number of aliphatic carboxylic acids is 1. The molecule has 1 rings (SSSR count). The van der Waals surface area contributed by atoms with Crippen LogP contribution in [0.1, 0.15) is 123 Å². The maximum atomic E-state index is 12.6. The van der Waals surface area contributed by atoms with Crippen molar-refractivity contribution >= 4 is 11.9 Å². The Kier molecular flexibility index (Phi) is 14.1. The van der Waals surface area contributed by atoms with E-state index in [0.29, 0.717) is 12.8 Å². The summed E-state index contributed by atoms with van der Waals surface area (Å²) in [5.74, 6) is -1.52. The highest BCUT2D eigenvalue weighted by Crippen LogP contribution is 2.31. The average molecular weight is 397 g/mol. The van der Waals surface area contributed by atoms with E-state index in [2.05, 4.69) is 13.8 Å². The van der Waals surface area contributed by atoms with Crippen LogP contribution in [0.3, 0.4) is 0 Å². The maximum Gasteiger partial charge on any atom is 0.309 e. The summed E-state index contributed by atoms with van der Waals surface area (Å²) in [5, 5.41) is 9.23. The van der Waals surface area contributed by atoms with Crippen molar-refractivity contribution in [3.8, 4) is 0 Å². The lowest BCUT2D eigenvalue weighted by molar-refractivity contribution is -0.158. The Balaban J connectivity index is 2.27. The van der Waals surface area contributed by atoms with E-state index in [-0.39, 0.29) is 23.9 Å². The lowest BCUT2D eigenvalue weighted by Crippen LogP contribution is -2.31. The molecule has 164 valence electrons. The van der Waals surface area contributed by atoms with Crippen molar-refractivity contribution in [2.75, 3.05) is 0 Å². The molecule has 1 fully saturated rings. The van der Waals surface area contributed by atoms with Crippen molar-refractivity contribution in [3.05, 3.63) is 0 Å². The third-order valence-corrected chi connectivity index (χ3v) is 6.15. The van der Waals surface area contributed by atoms with Crippen LogP contribution in [-0.4, -0.2) is 23.1 Å². The number of esters is 1. The SMILES string of the molecule is CCCCCCCCCCCC(CCCC)OC(=O)C1CCCC(C(=O)O)C1. The second-order valence-corrected chi connectivity index (χ2v) is 8.72. The monoisotopic (exact) mass is 396 g/mol. The minimum Gasteiger partial charge on any atom is -0.481 e. The zero-order valence-electron chi connectivity index (χ0n) is 18.4. The van der Waals surface area contributed by atoms with Crippen molar-refractivity contribution in [3.63, 3.8) is 0 Å². The first-order chi connectivity index (χ1) is 13.6. The van der Waals surface area contributed by atoms with E-state index in [9.17, 15) is 14.7 Å². The first-order valence-electron chi connectivity index (χ1n) is 12.0. The summed E-state index contributed by atoms with van der Waals surface area (Å²) in [5.41, 5.74) is 0. The molecule has 3 unspecified atom stereocenters. The van der Waals surface area contributed by atoms with E-state index in [1.807, 2.05) is 0 Å². The third-order valence-electron chi connectivity index (χ3n) is 6.15. The zero-order valence-corrected chi connectivity index (χ0v) is 18.4. The van der Waals surface area contributed by atoms with Crippen molar-refractivity contribution in [1.29, 1.82) is 0 Å². The Labute approximate surface area is 172 Å². The fourth-order valence-electron chi connectivity index (χ4n) is 4.27. The number of hydrogen-bond donors (Lipinski definition) is 1. The van der Waals surface area contributed by atoms with Crippen LogP contribution >= 0.6 is 0 Å². The normalized spacial score (nSPS) is 20.6. The molecule has 0 aromatic carbocycles. The van der Waals surface area contributed by atoms with Gasteiger partial charge in [0.15, 0.2) is 0 Å². The highest BCUT2D eigenvalue weighted by molar-refractivity contribution is 5.75. The second-order valence-electron chi connectivity index (χ2n) is 8.72. The van der Waals surface area contributed by atoms with Crippen LogP contribution in [0.15, 0.2) is 0 Å². The molecule has 0 bridgehead atoms. The van der Waals surface area contributed by atoms with Crippen LogP contribution < -0.4 is 0 Å². The van der Waals surface area contributed by atoms with Crippen LogP contribution in [-0.2, 0) is 14.3 Å². The smallest absolute Gasteiger partial charge is 0.309 e. The number of ether oxygens (including phenoxy) is 1. The van der Waals surface area contributed by atoms with E-state index in [1.165, 1.54) is 51.4 Å². The number of carboxylic acid groups (broad SMARTS) is 1. The van der Waals surface area contributed by atoms with Gasteiger partial charge in [-0.25, -0.2) is 0 Å². The molecule has 0 saturated heterocycles. The summed E-state index contributed by atoms with van der Waals surface area (Å²) in [6, 6.07) is 0. The largest absolute Gasteiger partial charge is 0.481 e. The van der Waals surface area contributed by atoms with E-state index in [1.54, 1.807) is 0 Å². The number of carbonyl (C=O) groups excluding carboxylic acids is 1. The summed E-state index contributed by atoms with van der Waals surface area (Å²) in [4.78, 5) is 23.8. The fraction of sp³-hybridized carbons (Fsp3) is 0.917. The second kappa shape index (κ2) is 15.8. The number of carboxylic acids is 1. The Morgan fingerprint density at radius 3 is 1.96 bits per heavy atom. The predicted octanol–water partition coefficient (Wildman–Crippen LogP) is 6.90. The van der Waals surface area contributed by atoms with Gasteiger partial charge in [-0.2, -0.15) is 0 Å². The molecule has 1 saturated carbocycles. The average Bonchev–Trinajstić information content (AvgIpc) is 2.70. The van der Waals surface area contributed by atoms with Gasteiger partial charge in [-0.15, -0.1) is 0 Å². The van der Waals surface area contributed by atoms with Crippen molar-refractivity contribution in [1.82, 2.24) is 0 Å². The van der Waals surface area contributed by atoms with Crippen LogP contribution in [0, 0.1) is 11.8 Å². The summed E-state index contributed by atoms with van der Waals surface area (Å²) in [6.45, 7) is 4.41. The standard InChI is InChI=1S/C24H44O4/c1-3-5-7-8-9-10-11-12-13-18-22(17-6-4-2)28-24(27)21-16-14-15-20(19-21)23(25)26/h20-22H,3-19H2,1-2H3,(H,25,26). The molecule has 0 aromatic rings. The molecule has 0 aliphatic heterocycles. The third kappa shape index (κ3) is 11.1. The molecule has 0 amide bonds. The van der Waals surface area contributed by atoms with E-state index >= 15 is 0 Å². The highest BCUT2D eigenvalue weighted by Gasteiger charge is 2.32. The number of rotatable bonds is 16. The summed E-state index contributed by atoms with van der Waals surface area (Å²) >= 11 is 0. The van der Waals surface area contributed by atoms with Gasteiger partial charge >= 0.3 is 11.9 Å². The molecule has 0 spiro atoms. The number of unbranched alkanes of at least 4 members (excludes halogenated alkanes) is 9. The van der Waals surface area contributed by atoms with Gasteiger partial charge in [0.1, 0.15) is 6.10 Å². The van der Waals surface area contributed by atoms with Crippen molar-refractivity contribution < 1.29 is 19.4 Å². The number of hydrogen-bond acceptors (Lipinski definition) is 3. The summed E-state index contributed by atoms with van der Waals surface area (Å²) in [6.07, 6.45) is 18.5. The highest BCUT2D eigenvalue weighted by atomic mass is 16.5. The molecule has 1 aliphatic carbocycles. The van der Waals surface area contributed by atoms with Gasteiger partial charge in [-0.05, 0) is 38.5 Å². The molecular formula is C24H44O4. The first-order valence-corrected chi connectivity index (χ1v) is 12.0. The Morgan fingerprint density at radius 2 is 1.36 bits per heavy atom. The maximum absolute atomic E-state index is 12.6. The summed E-state index contributed by atoms with van der Waals surface area (Å²) in [7, 11) is 0. The fourth-order valence-corrected chi connectivity index (χ4v) is 4.27. The van der Waals surface area contributed by atoms with Gasteiger partial charge < -0.3 is 9.84 Å². The van der Waals surface area contributed by atoms with Crippen LogP contribution in [0.5, 0.6) is 0 Å². The zero-order chi connectivity index (χ0) is 20.6. The molecule has 4 nitrogen and oxygen atoms in total. The van der Waals surface area contributed by atoms with Crippen LogP contribution in [0.4, 0.5) is 0 Å². The van der Waals surface area contributed by atoms with Crippen LogP contribution in [0.25, 0.3) is 0 Å². The molecule has 1 N–H and O–H groups in total. The number of carbonyl (C=O) groups is 2. The van der Waals surface area contributed by atoms with Gasteiger partial charge in [-0.3, -0.25) is 9.59 Å². The van der Waals surface area contributed by atoms with E-state index in [4.69, 9.17) is 4.74 Å². The van der Waals surface area contributed by atoms with Gasteiger partial charge in [0.2, 0.25) is 0 Å². The lowest BCUT2D eigenvalue weighted by Gasteiger charge is -2.27. The Hall–Kier alpha value is -1.06. The van der Waals surface area contributed by atoms with Crippen molar-refractivity contribution in [2.45, 2.75) is 129 Å². The molecule has 3 atom stereocenters. The molecule has 1 aliphatic rings. The Bertz CT molecular complexity index is 421. The first kappa shape index (κ1) is 25.0. The molecule has 0 heterocycles. The molecule has 0 aromatic heterocycles. The molecule has 4 heteroatoms. The molecule has 0 radical (unpaired) electrons. The minimum absolute atomic E-state index is 0.0159. The lowest BCUT2D eigenvalue weighted by atomic mass is 9.81. The quantitative estimate of drug-likeness (QED) is 0.228. The van der Waals surface area contributed by atoms with Crippen LogP contribution in [0.2, 0.25) is 0 Å². The molecule has 28 heavy (non-hydrogen) atoms. The summed E-state index contributed by atoms with van der Waals surface area (Å²) < 4.78 is 5.86. The minimum atomic E-state index is -0.769. The van der Waals surface area contributed by atoms with Gasteiger partial charge in [0.05, 0.1) is 11.8 Å². The Morgan fingerprint density at radius 1 is 0.821 bits per heavy atom. The molecular weight excluding hydrogens is 352 g/mol. The van der Waals surface area contributed by atoms with E-state index < -0.39 is 5.97 Å². The van der Waals surface area contributed by atoms with E-state index in [0.717, 1.165) is 44.9 Å².